The maximum Gasteiger partial charge on any atom is 0.408 e. The number of methoxy groups -OCH3 is 1. The van der Waals surface area contributed by atoms with Crippen molar-refractivity contribution in [3.05, 3.63) is 83.8 Å². The van der Waals surface area contributed by atoms with Crippen molar-refractivity contribution >= 4 is 88.0 Å². The molecule has 20 atom stereocenters. The monoisotopic (exact) mass is 1940 g/mol. The number of amides is 6. The number of ether oxygens (including phenoxy) is 7. The van der Waals surface area contributed by atoms with Gasteiger partial charge in [-0.15, -0.1) is 0 Å². The van der Waals surface area contributed by atoms with Crippen LogP contribution in [0.15, 0.2) is 66.7 Å². The van der Waals surface area contributed by atoms with Crippen LogP contribution < -0.4 is 34.9 Å². The topological polar surface area (TPSA) is 341 Å². The van der Waals surface area contributed by atoms with Crippen LogP contribution in [-0.2, 0) is 116 Å². The van der Waals surface area contributed by atoms with Gasteiger partial charge in [0.2, 0.25) is 35.4 Å². The second-order valence-corrected chi connectivity index (χ2v) is 39.8. The van der Waals surface area contributed by atoms with Crippen molar-refractivity contribution in [2.24, 2.45) is 63.6 Å². The normalized spacial score (nSPS) is 31.3. The Balaban J connectivity index is 0.000000188. The predicted octanol–water partition coefficient (Wildman–Crippen LogP) is 15.4. The van der Waals surface area contributed by atoms with E-state index in [1.54, 1.807) is 73.7 Å². The van der Waals surface area contributed by atoms with Crippen LogP contribution >= 0.6 is 0 Å². The summed E-state index contributed by atoms with van der Waals surface area (Å²) in [5, 5.41) is 8.28. The summed E-state index contributed by atoms with van der Waals surface area (Å²) in [4.78, 5) is 148. The van der Waals surface area contributed by atoms with Crippen LogP contribution in [0.5, 0.6) is 23.4 Å². The van der Waals surface area contributed by atoms with Crippen LogP contribution in [0.2, 0.25) is 0 Å². The molecule has 3 N–H and O–H groups in total. The summed E-state index contributed by atoms with van der Waals surface area (Å²) >= 11 is 0. The molecule has 37 heteroatoms. The molecule has 16 rings (SSSR count). The van der Waals surface area contributed by atoms with Gasteiger partial charge < -0.3 is 78.2 Å². The third kappa shape index (κ3) is 22.7. The zero-order chi connectivity index (χ0) is 92.2. The molecule has 7 fully saturated rings. The summed E-state index contributed by atoms with van der Waals surface area (Å²) < 4.78 is 136. The van der Waals surface area contributed by atoms with E-state index in [9.17, 15) is 43.2 Å². The van der Waals surface area contributed by atoms with Gasteiger partial charge >= 0.3 is 18.3 Å². The van der Waals surface area contributed by atoms with Gasteiger partial charge in [0, 0.05) is 86.9 Å². The molecule has 9 heterocycles. The number of carbonyl (C=O) groups excluding carboxylic acids is 9. The molecule has 4 saturated carbocycles. The van der Waals surface area contributed by atoms with E-state index in [4.69, 9.17) is 33.2 Å². The van der Waals surface area contributed by atoms with Gasteiger partial charge in [-0.2, -0.15) is 26.3 Å². The maximum absolute atomic E-state index is 16.0. The summed E-state index contributed by atoms with van der Waals surface area (Å²) in [5.74, 6) is -12.5. The summed E-state index contributed by atoms with van der Waals surface area (Å²) in [6, 6.07) is 12.2. The van der Waals surface area contributed by atoms with Crippen molar-refractivity contribution in [3.63, 3.8) is 0 Å². The fraction of sp³-hybridized carbons (Fsp3) is 0.649. The molecular formula is C94H117F6N12O16V3-3. The third-order valence-corrected chi connectivity index (χ3v) is 27.5. The van der Waals surface area contributed by atoms with Crippen molar-refractivity contribution in [1.82, 2.24) is 60.6 Å². The Hall–Kier alpha value is -8.56. The van der Waals surface area contributed by atoms with Crippen molar-refractivity contribution in [2.75, 3.05) is 26.7 Å². The van der Waals surface area contributed by atoms with E-state index in [1.807, 2.05) is 102 Å². The molecule has 3 radical (unpaired) electrons. The third-order valence-electron chi connectivity index (χ3n) is 27.5. The number of benzene rings is 3. The minimum absolute atomic E-state index is 0. The van der Waals surface area contributed by atoms with Crippen LogP contribution in [0, 0.1) is 63.6 Å². The number of alkyl carbamates (subject to hydrolysis) is 3. The average molecular weight is 1940 g/mol. The number of nitrogens with zero attached hydrogens (tertiary/aromatic N) is 9. The minimum atomic E-state index is -3.36. The molecule has 3 aromatic carbocycles. The Morgan fingerprint density at radius 3 is 1.27 bits per heavy atom. The summed E-state index contributed by atoms with van der Waals surface area (Å²) in [7, 11) is 1.49. The number of para-hydroxylation sites is 4. The molecule has 709 valence electrons. The Morgan fingerprint density at radius 1 is 0.450 bits per heavy atom. The molecule has 28 nitrogen and oxygen atoms in total. The largest absolute Gasteiger partial charge is 0.540 e. The summed E-state index contributed by atoms with van der Waals surface area (Å²) in [6.45, 7) is 23.2. The molecular weight excluding hydrogens is 1820 g/mol. The Labute approximate surface area is 795 Å². The molecule has 3 aromatic heterocycles. The number of rotatable bonds is 6. The molecule has 4 aliphatic carbocycles. The van der Waals surface area contributed by atoms with Gasteiger partial charge in [0.1, 0.15) is 60.0 Å². The predicted molar refractivity (Wildman–Crippen MR) is 456 cm³/mol. The standard InChI is InChI=1S/C33H41F2N4O6.C31H39F2N4O5.C30H37F2N4O5.3V/c1-17-24(16-40)39-15-26(17)44-29-27(36-22-10-9-19(43-5)14-23(22)37-29)33(34,35)11-7-6-8-20-21-12-18(21)13-25(20)45-31(42)38-28(30(39)41)32(2,3)4;1-6-19-22(17-38)37-16-23(19)41-26-24(34-20-12-7-8-13-21(20)35-26)31(32,33)14-10-9-11-18-15-30(18,5)42-28(40)36-25(27(37)39)29(2,3)4;1-5-18-21(16-37)36-15-23(18)40-26-24(33-19-11-6-7-12-20(19)34-26)30(31,32)13-9-8-10-17-14-22(17)41-28(39)35-25(27(36)38)29(2,3)4;;;/h9-10,14,17-18,20-21,24-26,28H,6-8,11-13,15H2,1-5H3,(H,38,42);7-8,12-13,18-19,22-23,25H,6,9-11,14-16H2,1-5H3,(H,36,40);6-7,11-12,17-18,21-23,25H,5,8-10,13-15H2,1-4H3,(H,35,39);;;/q3*-1;;;/t17-,18?,20+,21?,24+,25+,26-,28+;18-,19+,22-,23+,25-,30-;17-,18+,21-,22-,23+,25-;;;/m011.../s1. The zero-order valence-electron chi connectivity index (χ0n) is 76.3. The first kappa shape index (κ1) is 103. The van der Waals surface area contributed by atoms with Gasteiger partial charge in [-0.25, -0.2) is 63.1 Å². The first-order valence-electron chi connectivity index (χ1n) is 45.0. The quantitative estimate of drug-likeness (QED) is 0.0792. The number of carbonyl (C=O) groups is 6. The van der Waals surface area contributed by atoms with Gasteiger partial charge in [-0.05, 0) is 165 Å². The number of aromatic nitrogens is 6. The average Bonchev–Trinajstić information content (AvgIpc) is 1.63. The zero-order valence-corrected chi connectivity index (χ0v) is 80.5. The van der Waals surface area contributed by atoms with E-state index in [2.05, 4.69) is 45.9 Å². The van der Waals surface area contributed by atoms with Crippen LogP contribution in [0.4, 0.5) is 40.7 Å². The molecule has 10 aliphatic rings. The summed E-state index contributed by atoms with van der Waals surface area (Å²) in [6.07, 6.45) is 7.38. The van der Waals surface area contributed by atoms with E-state index < -0.39 is 184 Å². The Kier molecular flexibility index (Phi) is 32.2. The van der Waals surface area contributed by atoms with Crippen LogP contribution in [0.3, 0.4) is 0 Å². The first-order valence-corrected chi connectivity index (χ1v) is 45.0. The van der Waals surface area contributed by atoms with Gasteiger partial charge in [0.25, 0.3) is 17.8 Å². The van der Waals surface area contributed by atoms with Crippen molar-refractivity contribution in [1.29, 1.82) is 0 Å². The molecule has 6 aliphatic heterocycles. The SMILES string of the molecule is CC[C@@H]1[C@@H]2CN(C(=O)[C@H](C(C)(C)C)NC(=O)O[C@@H]3C[C@H]3CCCCC(F)(F)c3nc4ccccc4nc3O2)[C@@H]1[C-]=O.CC[C@@H]1[C@@H]2CN(C(=O)[C@H](C(C)(C)C)NC(=O)O[C@]3(C)C[C@H]3CCCCC(F)(F)c3nc4ccccc4nc3O2)[C@@H]1[C-]=O.COc1ccc2nc3c(nc2c1)O[C@H]1CN(C(=O)[C@H](C(C)(C)C)NC(=O)O[C@@H]2CC4CC4[C@H]2CCCCC3(F)F)[C@H]([C-]=O)[C@@H]1C.[V].[V].[V]. The van der Waals surface area contributed by atoms with Crippen molar-refractivity contribution < 1.29 is 158 Å². The molecule has 6 aromatic rings. The van der Waals surface area contributed by atoms with Gasteiger partial charge in [0.05, 0.1) is 59.8 Å². The second-order valence-electron chi connectivity index (χ2n) is 39.8. The number of alkyl halides is 6. The van der Waals surface area contributed by atoms with E-state index >= 15 is 26.3 Å². The fourth-order valence-corrected chi connectivity index (χ4v) is 19.7. The summed E-state index contributed by atoms with van der Waals surface area (Å²) in [5.41, 5.74) is -2.54. The van der Waals surface area contributed by atoms with Crippen LogP contribution in [0.1, 0.15) is 223 Å². The molecule has 3 saturated heterocycles. The minimum Gasteiger partial charge on any atom is -0.540 e. The molecule has 6 bridgehead atoms. The maximum atomic E-state index is 16.0. The van der Waals surface area contributed by atoms with Crippen molar-refractivity contribution in [2.45, 2.75) is 296 Å². The first-order chi connectivity index (χ1) is 60.5. The number of halogens is 6. The molecule has 0 spiro atoms. The smallest absolute Gasteiger partial charge is 0.408 e. The van der Waals surface area contributed by atoms with E-state index in [0.29, 0.717) is 109 Å². The molecule has 6 amide bonds. The molecule has 131 heavy (non-hydrogen) atoms. The number of hydrogen-bond donors (Lipinski definition) is 3. The molecule has 2 unspecified atom stereocenters. The Morgan fingerprint density at radius 2 is 0.832 bits per heavy atom. The van der Waals surface area contributed by atoms with E-state index in [0.717, 1.165) is 12.8 Å². The van der Waals surface area contributed by atoms with Crippen LogP contribution in [-0.4, -0.2) is 199 Å². The van der Waals surface area contributed by atoms with Crippen LogP contribution in [0.25, 0.3) is 33.1 Å². The number of fused-ring (bicyclic) bond motifs is 17. The van der Waals surface area contributed by atoms with E-state index in [-0.39, 0.29) is 148 Å². The van der Waals surface area contributed by atoms with E-state index in [1.165, 1.54) is 21.8 Å². The Bertz CT molecular complexity index is 5170. The second kappa shape index (κ2) is 40.9. The van der Waals surface area contributed by atoms with Gasteiger partial charge in [-0.1, -0.05) is 158 Å². The number of hydrogen-bond acceptors (Lipinski definition) is 22. The van der Waals surface area contributed by atoms with Crippen molar-refractivity contribution in [3.8, 4) is 23.4 Å². The van der Waals surface area contributed by atoms with Gasteiger partial charge in [-0.3, -0.25) is 14.4 Å². The fourth-order valence-electron chi connectivity index (χ4n) is 19.7. The number of nitrogens with one attached hydrogen (secondary N) is 3. The van der Waals surface area contributed by atoms with Gasteiger partial charge in [0.15, 0.2) is 17.1 Å².